The van der Waals surface area contributed by atoms with Gasteiger partial charge in [0.1, 0.15) is 23.1 Å². The van der Waals surface area contributed by atoms with Crippen LogP contribution in [0.2, 0.25) is 0 Å². The summed E-state index contributed by atoms with van der Waals surface area (Å²) >= 11 is 0. The summed E-state index contributed by atoms with van der Waals surface area (Å²) in [5, 5.41) is 0. The van der Waals surface area contributed by atoms with Crippen molar-refractivity contribution in [3.63, 3.8) is 0 Å². The first kappa shape index (κ1) is 21.1. The van der Waals surface area contributed by atoms with Crippen molar-refractivity contribution in [2.24, 2.45) is 28.1 Å². The molecule has 1 aromatic heterocycles. The molecule has 0 radical (unpaired) electrons. The van der Waals surface area contributed by atoms with E-state index in [-0.39, 0.29) is 30.0 Å². The molecular weight excluding hydrogens is 424 g/mol. The van der Waals surface area contributed by atoms with Crippen molar-refractivity contribution in [2.75, 3.05) is 0 Å². The van der Waals surface area contributed by atoms with Gasteiger partial charge in [-0.25, -0.2) is 9.59 Å². The van der Waals surface area contributed by atoms with Crippen LogP contribution in [0.4, 0.5) is 0 Å². The van der Waals surface area contributed by atoms with Crippen molar-refractivity contribution in [3.05, 3.63) is 36.3 Å². The van der Waals surface area contributed by atoms with E-state index in [4.69, 9.17) is 18.6 Å². The van der Waals surface area contributed by atoms with E-state index in [0.29, 0.717) is 6.42 Å². The first-order chi connectivity index (χ1) is 15.4. The second-order valence-corrected chi connectivity index (χ2v) is 11.7. The predicted octanol–water partition coefficient (Wildman–Crippen LogP) is 3.92. The van der Waals surface area contributed by atoms with Gasteiger partial charge in [-0.15, -0.1) is 0 Å². The maximum Gasteiger partial charge on any atom is 0.339 e. The number of Topliss-reactive ketones (excluding diaryl/α,β-unsaturated/α-hetero) is 1. The molecule has 3 aliphatic heterocycles. The number of esters is 2. The van der Waals surface area contributed by atoms with Gasteiger partial charge in [-0.3, -0.25) is 4.79 Å². The molecule has 8 atom stereocenters. The van der Waals surface area contributed by atoms with Gasteiger partial charge in [0, 0.05) is 29.4 Å². The van der Waals surface area contributed by atoms with Crippen molar-refractivity contribution in [2.45, 2.75) is 77.3 Å². The van der Waals surface area contributed by atoms with Crippen molar-refractivity contribution in [1.82, 2.24) is 0 Å². The molecule has 4 heterocycles. The molecule has 2 saturated carbocycles. The molecule has 0 amide bonds. The number of allylic oxidation sites excluding steroid dienone is 1. The van der Waals surface area contributed by atoms with Crippen LogP contribution in [-0.4, -0.2) is 35.0 Å². The highest BCUT2D eigenvalue weighted by molar-refractivity contribution is 5.93. The number of fused-ring (bicyclic) bond motifs is 3. The number of ether oxygens (including phenoxy) is 3. The predicted molar refractivity (Wildman–Crippen MR) is 115 cm³/mol. The largest absolute Gasteiger partial charge is 0.472 e. The van der Waals surface area contributed by atoms with Crippen molar-refractivity contribution < 1.29 is 33.0 Å². The van der Waals surface area contributed by atoms with Gasteiger partial charge in [-0.1, -0.05) is 19.9 Å². The fourth-order valence-electron chi connectivity index (χ4n) is 8.49. The van der Waals surface area contributed by atoms with Gasteiger partial charge in [0.2, 0.25) is 0 Å². The molecule has 7 nitrogen and oxygen atoms in total. The molecule has 0 aromatic carbocycles. The maximum absolute atomic E-state index is 14.1. The standard InChI is InChI=1S/C26H30O7/c1-22(2)16-12-17(27)25(5)15(23(16,3)9-7-18(28)32-22)6-10-24(4)19(14-8-11-30-13-14)31-21(29)20-26(24,25)33-20/h7-9,11,13,15-16,19-20H,6,10,12H2,1-5H3/t15-,16+,19?,20?,23+,24-,25-,26+/m0/s1. The fourth-order valence-corrected chi connectivity index (χ4v) is 8.49. The van der Waals surface area contributed by atoms with Crippen LogP contribution in [0, 0.1) is 28.1 Å². The summed E-state index contributed by atoms with van der Waals surface area (Å²) in [5.41, 5.74) is -2.94. The van der Waals surface area contributed by atoms with Crippen molar-refractivity contribution in [1.29, 1.82) is 0 Å². The zero-order valence-corrected chi connectivity index (χ0v) is 19.7. The monoisotopic (exact) mass is 454 g/mol. The lowest BCUT2D eigenvalue weighted by Gasteiger charge is -2.64. The highest BCUT2D eigenvalue weighted by Crippen LogP contribution is 2.78. The van der Waals surface area contributed by atoms with Crippen LogP contribution in [0.15, 0.2) is 35.2 Å². The lowest BCUT2D eigenvalue weighted by Crippen LogP contribution is -2.71. The Morgan fingerprint density at radius 3 is 2.45 bits per heavy atom. The second kappa shape index (κ2) is 5.98. The van der Waals surface area contributed by atoms with Gasteiger partial charge >= 0.3 is 11.9 Å². The van der Waals surface area contributed by atoms with Crippen LogP contribution >= 0.6 is 0 Å². The van der Waals surface area contributed by atoms with Crippen molar-refractivity contribution in [3.8, 4) is 0 Å². The lowest BCUT2D eigenvalue weighted by atomic mass is 9.37. The molecule has 1 aromatic rings. The summed E-state index contributed by atoms with van der Waals surface area (Å²) in [7, 11) is 0. The zero-order chi connectivity index (χ0) is 23.6. The minimum Gasteiger partial charge on any atom is -0.472 e. The summed E-state index contributed by atoms with van der Waals surface area (Å²) in [6, 6.07) is 1.81. The summed E-state index contributed by atoms with van der Waals surface area (Å²) in [6.45, 7) is 9.99. The second-order valence-electron chi connectivity index (χ2n) is 11.7. The number of hydrogen-bond donors (Lipinski definition) is 0. The third-order valence-electron chi connectivity index (χ3n) is 10.0. The van der Waals surface area contributed by atoms with Gasteiger partial charge < -0.3 is 18.6 Å². The molecule has 0 N–H and O–H groups in total. The number of carbonyl (C=O) groups excluding carboxylic acids is 3. The maximum atomic E-state index is 14.1. The van der Waals surface area contributed by atoms with E-state index in [9.17, 15) is 14.4 Å². The van der Waals surface area contributed by atoms with Crippen LogP contribution in [0.3, 0.4) is 0 Å². The molecule has 33 heavy (non-hydrogen) atoms. The van der Waals surface area contributed by atoms with Crippen LogP contribution in [-0.2, 0) is 28.6 Å². The van der Waals surface area contributed by atoms with Gasteiger partial charge in [-0.2, -0.15) is 0 Å². The molecule has 7 heteroatoms. The number of ketones is 1. The van der Waals surface area contributed by atoms with E-state index >= 15 is 0 Å². The summed E-state index contributed by atoms with van der Waals surface area (Å²) in [4.78, 5) is 39.6. The minimum absolute atomic E-state index is 0.0727. The highest BCUT2D eigenvalue weighted by atomic mass is 16.7. The molecule has 4 fully saturated rings. The summed E-state index contributed by atoms with van der Waals surface area (Å²) < 4.78 is 23.3. The fraction of sp³-hybridized carbons (Fsp3) is 0.654. The Bertz CT molecular complexity index is 1100. The number of furan rings is 1. The molecule has 5 aliphatic rings. The van der Waals surface area contributed by atoms with Gasteiger partial charge in [0.05, 0.1) is 17.9 Å². The van der Waals surface area contributed by atoms with Crippen LogP contribution in [0.1, 0.15) is 65.5 Å². The van der Waals surface area contributed by atoms with Gasteiger partial charge in [0.15, 0.2) is 6.10 Å². The number of epoxide rings is 1. The molecule has 2 unspecified atom stereocenters. The number of carbonyl (C=O) groups is 3. The lowest BCUT2D eigenvalue weighted by molar-refractivity contribution is -0.215. The summed E-state index contributed by atoms with van der Waals surface area (Å²) in [6.07, 6.45) is 7.04. The molecule has 0 bridgehead atoms. The summed E-state index contributed by atoms with van der Waals surface area (Å²) in [5.74, 6) is -1.02. The van der Waals surface area contributed by atoms with E-state index in [0.717, 1.165) is 12.0 Å². The Morgan fingerprint density at radius 2 is 1.76 bits per heavy atom. The van der Waals surface area contributed by atoms with E-state index in [2.05, 4.69) is 13.8 Å². The van der Waals surface area contributed by atoms with Gasteiger partial charge in [-0.05, 0) is 51.0 Å². The van der Waals surface area contributed by atoms with Crippen LogP contribution in [0.25, 0.3) is 0 Å². The topological polar surface area (TPSA) is 95.3 Å². The first-order valence-corrected chi connectivity index (χ1v) is 11.8. The molecule has 6 rings (SSSR count). The molecule has 1 spiro atoms. The van der Waals surface area contributed by atoms with E-state index < -0.39 is 45.6 Å². The Balaban J connectivity index is 1.53. The van der Waals surface area contributed by atoms with E-state index in [1.807, 2.05) is 32.9 Å². The zero-order valence-electron chi connectivity index (χ0n) is 19.7. The Kier molecular flexibility index (Phi) is 3.83. The SMILES string of the molecule is CC1(C)OC(=O)C=C[C@@]2(C)[C@@H]1CC(=O)[C@]1(C)[C@H]2CC[C@@]2(C)C(c3ccoc3)OC(=O)C3O[C@]321. The Hall–Kier alpha value is -2.41. The van der Waals surface area contributed by atoms with Gasteiger partial charge in [0.25, 0.3) is 0 Å². The average molecular weight is 455 g/mol. The molecule has 2 saturated heterocycles. The Labute approximate surface area is 192 Å². The highest BCUT2D eigenvalue weighted by Gasteiger charge is 2.88. The minimum atomic E-state index is -0.958. The molecule has 2 aliphatic carbocycles. The number of hydrogen-bond acceptors (Lipinski definition) is 7. The first-order valence-electron chi connectivity index (χ1n) is 11.8. The van der Waals surface area contributed by atoms with E-state index in [1.54, 1.807) is 12.5 Å². The number of rotatable bonds is 1. The van der Waals surface area contributed by atoms with E-state index in [1.165, 1.54) is 6.08 Å². The third kappa shape index (κ3) is 2.23. The van der Waals surface area contributed by atoms with Crippen molar-refractivity contribution >= 4 is 17.7 Å². The molecular formula is C26H30O7. The third-order valence-corrected chi connectivity index (χ3v) is 10.0. The van der Waals surface area contributed by atoms with Crippen LogP contribution < -0.4 is 0 Å². The normalized spacial score (nSPS) is 49.5. The van der Waals surface area contributed by atoms with Crippen LogP contribution in [0.5, 0.6) is 0 Å². The average Bonchev–Trinajstić information content (AvgIpc) is 3.33. The molecule has 176 valence electrons. The number of cyclic esters (lactones) is 2. The smallest absolute Gasteiger partial charge is 0.339 e. The Morgan fingerprint density at radius 1 is 1.00 bits per heavy atom. The quantitative estimate of drug-likeness (QED) is 0.469.